The number of rotatable bonds is 5. The van der Waals surface area contributed by atoms with Gasteiger partial charge in [0.1, 0.15) is 5.82 Å². The van der Waals surface area contributed by atoms with Crippen LogP contribution in [0.15, 0.2) is 60.8 Å². The molecular formula is C22H21N3O2. The molecule has 1 heterocycles. The Morgan fingerprint density at radius 3 is 2.30 bits per heavy atom. The molecule has 1 amide bonds. The summed E-state index contributed by atoms with van der Waals surface area (Å²) in [5.41, 5.74) is 4.79. The van der Waals surface area contributed by atoms with Gasteiger partial charge < -0.3 is 10.6 Å². The largest absolute Gasteiger partial charge is 0.340 e. The van der Waals surface area contributed by atoms with Crippen molar-refractivity contribution in [3.63, 3.8) is 0 Å². The zero-order valence-corrected chi connectivity index (χ0v) is 15.5. The van der Waals surface area contributed by atoms with Gasteiger partial charge in [0.15, 0.2) is 5.78 Å². The second-order valence-corrected chi connectivity index (χ2v) is 6.52. The van der Waals surface area contributed by atoms with Crippen molar-refractivity contribution in [2.75, 3.05) is 10.6 Å². The Morgan fingerprint density at radius 2 is 1.59 bits per heavy atom. The van der Waals surface area contributed by atoms with Gasteiger partial charge in [0.2, 0.25) is 0 Å². The maximum atomic E-state index is 12.6. The first-order valence-electron chi connectivity index (χ1n) is 8.64. The number of nitrogens with one attached hydrogen (secondary N) is 2. The number of carbonyl (C=O) groups excluding carboxylic acids is 2. The molecular weight excluding hydrogens is 338 g/mol. The van der Waals surface area contributed by atoms with E-state index < -0.39 is 0 Å². The molecule has 27 heavy (non-hydrogen) atoms. The molecule has 0 aliphatic heterocycles. The number of aryl methyl sites for hydroxylation is 2. The van der Waals surface area contributed by atoms with Gasteiger partial charge in [-0.05, 0) is 68.3 Å². The summed E-state index contributed by atoms with van der Waals surface area (Å²) in [6, 6.07) is 16.4. The number of benzene rings is 2. The summed E-state index contributed by atoms with van der Waals surface area (Å²) >= 11 is 0. The van der Waals surface area contributed by atoms with Crippen molar-refractivity contribution in [2.45, 2.75) is 20.8 Å². The molecule has 0 unspecified atom stereocenters. The average Bonchev–Trinajstić information content (AvgIpc) is 2.61. The molecule has 0 radical (unpaired) electrons. The van der Waals surface area contributed by atoms with Gasteiger partial charge in [-0.25, -0.2) is 4.98 Å². The van der Waals surface area contributed by atoms with E-state index in [1.54, 1.807) is 36.5 Å². The minimum Gasteiger partial charge on any atom is -0.340 e. The number of carbonyl (C=O) groups is 2. The maximum absolute atomic E-state index is 12.6. The van der Waals surface area contributed by atoms with Gasteiger partial charge >= 0.3 is 0 Å². The number of hydrogen-bond acceptors (Lipinski definition) is 4. The Labute approximate surface area is 158 Å². The summed E-state index contributed by atoms with van der Waals surface area (Å²) in [7, 11) is 0. The van der Waals surface area contributed by atoms with E-state index in [-0.39, 0.29) is 11.7 Å². The lowest BCUT2D eigenvalue weighted by Gasteiger charge is -2.10. The van der Waals surface area contributed by atoms with E-state index in [9.17, 15) is 9.59 Å². The number of anilines is 3. The molecule has 0 atom stereocenters. The van der Waals surface area contributed by atoms with Crippen LogP contribution in [-0.2, 0) is 0 Å². The van der Waals surface area contributed by atoms with Gasteiger partial charge in [0, 0.05) is 28.7 Å². The number of hydrogen-bond donors (Lipinski definition) is 2. The molecule has 0 bridgehead atoms. The molecule has 5 heteroatoms. The molecule has 2 N–H and O–H groups in total. The van der Waals surface area contributed by atoms with Gasteiger partial charge in [-0.3, -0.25) is 9.59 Å². The normalized spacial score (nSPS) is 10.3. The van der Waals surface area contributed by atoms with E-state index in [4.69, 9.17) is 0 Å². The average molecular weight is 359 g/mol. The van der Waals surface area contributed by atoms with Gasteiger partial charge in [0.05, 0.1) is 0 Å². The van der Waals surface area contributed by atoms with Crippen LogP contribution < -0.4 is 10.6 Å². The fourth-order valence-electron chi connectivity index (χ4n) is 2.85. The van der Waals surface area contributed by atoms with E-state index in [2.05, 4.69) is 21.7 Å². The molecule has 3 rings (SSSR count). The topological polar surface area (TPSA) is 71.1 Å². The van der Waals surface area contributed by atoms with Crippen molar-refractivity contribution in [3.8, 4) is 0 Å². The van der Waals surface area contributed by atoms with Crippen LogP contribution in [0.4, 0.5) is 17.2 Å². The zero-order valence-electron chi connectivity index (χ0n) is 15.5. The first-order valence-corrected chi connectivity index (χ1v) is 8.64. The summed E-state index contributed by atoms with van der Waals surface area (Å²) < 4.78 is 0. The Kier molecular flexibility index (Phi) is 5.31. The molecule has 0 fully saturated rings. The molecule has 0 spiro atoms. The standard InChI is InChI=1S/C22H21N3O2/c1-14-9-15(2)11-20(10-14)25-22(27)18-7-8-23-21(13-18)24-19-6-4-5-17(12-19)16(3)26/h4-13H,1-3H3,(H,23,24)(H,25,27). The van der Waals surface area contributed by atoms with E-state index in [1.165, 1.54) is 6.92 Å². The molecule has 1 aromatic heterocycles. The van der Waals surface area contributed by atoms with E-state index in [1.807, 2.05) is 32.0 Å². The molecule has 0 aliphatic rings. The fourth-order valence-corrected chi connectivity index (χ4v) is 2.85. The van der Waals surface area contributed by atoms with Crippen molar-refractivity contribution < 1.29 is 9.59 Å². The predicted molar refractivity (Wildman–Crippen MR) is 108 cm³/mol. The van der Waals surface area contributed by atoms with Crippen LogP contribution in [0.3, 0.4) is 0 Å². The summed E-state index contributed by atoms with van der Waals surface area (Å²) in [5, 5.41) is 6.05. The highest BCUT2D eigenvalue weighted by Gasteiger charge is 2.09. The summed E-state index contributed by atoms with van der Waals surface area (Å²) in [4.78, 5) is 28.3. The van der Waals surface area contributed by atoms with Crippen LogP contribution in [0, 0.1) is 13.8 Å². The first kappa shape index (κ1) is 18.3. The van der Waals surface area contributed by atoms with E-state index in [0.29, 0.717) is 16.9 Å². The van der Waals surface area contributed by atoms with Crippen molar-refractivity contribution in [1.29, 1.82) is 0 Å². The molecule has 2 aromatic carbocycles. The highest BCUT2D eigenvalue weighted by Crippen LogP contribution is 2.19. The SMILES string of the molecule is CC(=O)c1cccc(Nc2cc(C(=O)Nc3cc(C)cc(C)c3)ccn2)c1. The monoisotopic (exact) mass is 359 g/mol. The first-order chi connectivity index (χ1) is 12.9. The Bertz CT molecular complexity index is 992. The predicted octanol–water partition coefficient (Wildman–Crippen LogP) is 4.90. The second kappa shape index (κ2) is 7.83. The third-order valence-electron chi connectivity index (χ3n) is 4.04. The molecule has 3 aromatic rings. The lowest BCUT2D eigenvalue weighted by atomic mass is 10.1. The molecule has 0 saturated carbocycles. The van der Waals surface area contributed by atoms with E-state index in [0.717, 1.165) is 22.5 Å². The Balaban J connectivity index is 1.77. The van der Waals surface area contributed by atoms with Gasteiger partial charge in [-0.2, -0.15) is 0 Å². The third kappa shape index (κ3) is 4.79. The minimum atomic E-state index is -0.206. The van der Waals surface area contributed by atoms with Gasteiger partial charge in [0.25, 0.3) is 5.91 Å². The lowest BCUT2D eigenvalue weighted by Crippen LogP contribution is -2.12. The van der Waals surface area contributed by atoms with Crippen molar-refractivity contribution in [3.05, 3.63) is 83.0 Å². The van der Waals surface area contributed by atoms with Crippen LogP contribution in [-0.4, -0.2) is 16.7 Å². The lowest BCUT2D eigenvalue weighted by molar-refractivity contribution is 0.101. The van der Waals surface area contributed by atoms with Crippen LogP contribution in [0.1, 0.15) is 38.8 Å². The summed E-state index contributed by atoms with van der Waals surface area (Å²) in [6.07, 6.45) is 1.58. The quantitative estimate of drug-likeness (QED) is 0.636. The van der Waals surface area contributed by atoms with Gasteiger partial charge in [-0.15, -0.1) is 0 Å². The highest BCUT2D eigenvalue weighted by molar-refractivity contribution is 6.04. The molecule has 5 nitrogen and oxygen atoms in total. The van der Waals surface area contributed by atoms with E-state index >= 15 is 0 Å². The summed E-state index contributed by atoms with van der Waals surface area (Å²) in [5.74, 6) is 0.319. The van der Waals surface area contributed by atoms with Crippen molar-refractivity contribution >= 4 is 28.9 Å². The number of amides is 1. The number of Topliss-reactive ketones (excluding diaryl/α,β-unsaturated/α-hetero) is 1. The van der Waals surface area contributed by atoms with Crippen molar-refractivity contribution in [2.24, 2.45) is 0 Å². The van der Waals surface area contributed by atoms with Gasteiger partial charge in [-0.1, -0.05) is 18.2 Å². The van der Waals surface area contributed by atoms with Crippen LogP contribution >= 0.6 is 0 Å². The third-order valence-corrected chi connectivity index (χ3v) is 4.04. The maximum Gasteiger partial charge on any atom is 0.255 e. The molecule has 0 saturated heterocycles. The fraction of sp³-hybridized carbons (Fsp3) is 0.136. The number of ketones is 1. The van der Waals surface area contributed by atoms with Crippen LogP contribution in [0.25, 0.3) is 0 Å². The Morgan fingerprint density at radius 1 is 0.852 bits per heavy atom. The molecule has 136 valence electrons. The number of pyridine rings is 1. The van der Waals surface area contributed by atoms with Crippen molar-refractivity contribution in [1.82, 2.24) is 4.98 Å². The molecule has 0 aliphatic carbocycles. The number of nitrogens with zero attached hydrogens (tertiary/aromatic N) is 1. The highest BCUT2D eigenvalue weighted by atomic mass is 16.1. The summed E-state index contributed by atoms with van der Waals surface area (Å²) in [6.45, 7) is 5.51. The van der Waals surface area contributed by atoms with Crippen LogP contribution in [0.2, 0.25) is 0 Å². The number of aromatic nitrogens is 1. The Hall–Kier alpha value is -3.47. The minimum absolute atomic E-state index is 0.00631. The zero-order chi connectivity index (χ0) is 19.4. The van der Waals surface area contributed by atoms with Crippen LogP contribution in [0.5, 0.6) is 0 Å². The smallest absolute Gasteiger partial charge is 0.255 e. The second-order valence-electron chi connectivity index (χ2n) is 6.52.